The lowest BCUT2D eigenvalue weighted by atomic mass is 10.2. The van der Waals surface area contributed by atoms with Crippen molar-refractivity contribution < 1.29 is 17.6 Å². The Morgan fingerprint density at radius 1 is 1.15 bits per heavy atom. The van der Waals surface area contributed by atoms with Crippen molar-refractivity contribution in [1.82, 2.24) is 14.8 Å². The van der Waals surface area contributed by atoms with E-state index in [1.807, 2.05) is 13.8 Å². The summed E-state index contributed by atoms with van der Waals surface area (Å²) in [6, 6.07) is 6.90. The second kappa shape index (κ2) is 7.07. The maximum Gasteiger partial charge on any atom is 0.264 e. The van der Waals surface area contributed by atoms with Crippen molar-refractivity contribution in [3.63, 3.8) is 0 Å². The van der Waals surface area contributed by atoms with Gasteiger partial charge in [-0.05, 0) is 32.9 Å². The first-order chi connectivity index (χ1) is 12.8. The number of hydrogen-bond acceptors (Lipinski definition) is 6. The number of benzene rings is 1. The zero-order chi connectivity index (χ0) is 19.8. The average Bonchev–Trinajstić information content (AvgIpc) is 3.13. The molecule has 9 heteroatoms. The van der Waals surface area contributed by atoms with Gasteiger partial charge in [0, 0.05) is 25.4 Å². The van der Waals surface area contributed by atoms with Crippen molar-refractivity contribution in [1.29, 1.82) is 0 Å². The Morgan fingerprint density at radius 2 is 1.85 bits per heavy atom. The summed E-state index contributed by atoms with van der Waals surface area (Å²) in [6.07, 6.45) is 0. The third-order valence-corrected chi connectivity index (χ3v) is 5.89. The lowest BCUT2D eigenvalue weighted by Crippen LogP contribution is -2.15. The number of hydrogen-bond donors (Lipinski definition) is 1. The van der Waals surface area contributed by atoms with Gasteiger partial charge in [0.1, 0.15) is 10.6 Å². The van der Waals surface area contributed by atoms with E-state index in [1.165, 1.54) is 0 Å². The second-order valence-electron chi connectivity index (χ2n) is 6.09. The molecule has 0 fully saturated rings. The van der Waals surface area contributed by atoms with Gasteiger partial charge in [-0.15, -0.1) is 10.2 Å². The lowest BCUT2D eigenvalue weighted by molar-refractivity contribution is 0.342. The van der Waals surface area contributed by atoms with E-state index in [-0.39, 0.29) is 10.8 Å². The maximum atomic E-state index is 13.3. The molecule has 1 aromatic carbocycles. The van der Waals surface area contributed by atoms with Crippen molar-refractivity contribution >= 4 is 15.7 Å². The van der Waals surface area contributed by atoms with Crippen LogP contribution in [0.2, 0.25) is 0 Å². The summed E-state index contributed by atoms with van der Waals surface area (Å²) < 4.78 is 42.0. The quantitative estimate of drug-likeness (QED) is 0.694. The van der Waals surface area contributed by atoms with E-state index in [9.17, 15) is 8.42 Å². The van der Waals surface area contributed by atoms with Crippen LogP contribution in [-0.2, 0) is 17.1 Å². The van der Waals surface area contributed by atoms with Gasteiger partial charge in [-0.3, -0.25) is 4.72 Å². The van der Waals surface area contributed by atoms with Gasteiger partial charge in [0.25, 0.3) is 15.9 Å². The van der Waals surface area contributed by atoms with Gasteiger partial charge in [-0.2, -0.15) is 0 Å². The molecule has 0 aliphatic heterocycles. The minimum absolute atomic E-state index is 0.109. The predicted octanol–water partition coefficient (Wildman–Crippen LogP) is 3.20. The molecule has 8 nitrogen and oxygen atoms in total. The van der Waals surface area contributed by atoms with Crippen LogP contribution >= 0.6 is 0 Å². The number of sulfonamides is 1. The van der Waals surface area contributed by atoms with Crippen molar-refractivity contribution in [3.05, 3.63) is 41.5 Å². The average molecular weight is 390 g/mol. The minimum Gasteiger partial charge on any atom is -0.492 e. The van der Waals surface area contributed by atoms with Crippen LogP contribution in [0.5, 0.6) is 5.75 Å². The molecule has 0 spiro atoms. The topological polar surface area (TPSA) is 99.2 Å². The zero-order valence-electron chi connectivity index (χ0n) is 15.9. The molecule has 0 aliphatic carbocycles. The van der Waals surface area contributed by atoms with Crippen molar-refractivity contribution in [2.45, 2.75) is 32.6 Å². The summed E-state index contributed by atoms with van der Waals surface area (Å²) in [4.78, 5) is 0.109. The Bertz CT molecular complexity index is 1080. The summed E-state index contributed by atoms with van der Waals surface area (Å²) in [5.74, 6) is 1.00. The molecule has 27 heavy (non-hydrogen) atoms. The highest BCUT2D eigenvalue weighted by Crippen LogP contribution is 2.36. The van der Waals surface area contributed by atoms with Gasteiger partial charge in [0.2, 0.25) is 5.89 Å². The molecule has 0 saturated carbocycles. The molecule has 0 saturated heterocycles. The second-order valence-corrected chi connectivity index (χ2v) is 7.71. The van der Waals surface area contributed by atoms with Gasteiger partial charge in [-0.1, -0.05) is 12.1 Å². The standard InChI is InChI=1S/C18H22N4O4S/c1-6-25-15-10-8-7-9-14(15)21-27(23,24)17-12(3)22(5)11(2)16(17)18-20-19-13(4)26-18/h7-10,21H,6H2,1-5H3. The van der Waals surface area contributed by atoms with Crippen LogP contribution in [0.1, 0.15) is 24.2 Å². The Morgan fingerprint density at radius 3 is 2.48 bits per heavy atom. The molecule has 3 rings (SSSR count). The largest absolute Gasteiger partial charge is 0.492 e. The molecule has 0 amide bonds. The Labute approximate surface area is 158 Å². The number of anilines is 1. The van der Waals surface area contributed by atoms with Crippen molar-refractivity contribution in [3.8, 4) is 17.2 Å². The number of rotatable bonds is 6. The van der Waals surface area contributed by atoms with Gasteiger partial charge in [0.05, 0.1) is 17.9 Å². The molecule has 0 bridgehead atoms. The van der Waals surface area contributed by atoms with E-state index in [0.29, 0.717) is 35.2 Å². The number of ether oxygens (including phenoxy) is 1. The fraction of sp³-hybridized carbons (Fsp3) is 0.333. The Hall–Kier alpha value is -2.81. The molecule has 2 heterocycles. The minimum atomic E-state index is -3.93. The Balaban J connectivity index is 2.15. The molecular formula is C18H22N4O4S. The third kappa shape index (κ3) is 3.42. The summed E-state index contributed by atoms with van der Waals surface area (Å²) in [5, 5.41) is 7.84. The molecule has 144 valence electrons. The maximum absolute atomic E-state index is 13.3. The number of para-hydroxylation sites is 2. The smallest absolute Gasteiger partial charge is 0.264 e. The van der Waals surface area contributed by atoms with E-state index < -0.39 is 10.0 Å². The summed E-state index contributed by atoms with van der Waals surface area (Å²) in [6.45, 7) is 7.48. The number of nitrogens with one attached hydrogen (secondary N) is 1. The summed E-state index contributed by atoms with van der Waals surface area (Å²) >= 11 is 0. The van der Waals surface area contributed by atoms with E-state index in [1.54, 1.807) is 49.7 Å². The van der Waals surface area contributed by atoms with Crippen LogP contribution in [0.4, 0.5) is 5.69 Å². The first-order valence-electron chi connectivity index (χ1n) is 8.47. The molecule has 2 aromatic heterocycles. The third-order valence-electron chi connectivity index (χ3n) is 4.36. The molecule has 3 aromatic rings. The number of nitrogens with zero attached hydrogens (tertiary/aromatic N) is 3. The van der Waals surface area contributed by atoms with Crippen molar-refractivity contribution in [2.24, 2.45) is 7.05 Å². The molecule has 0 radical (unpaired) electrons. The van der Waals surface area contributed by atoms with Gasteiger partial charge < -0.3 is 13.7 Å². The fourth-order valence-corrected chi connectivity index (χ4v) is 4.51. The molecular weight excluding hydrogens is 368 g/mol. The van der Waals surface area contributed by atoms with Crippen molar-refractivity contribution in [2.75, 3.05) is 11.3 Å². The predicted molar refractivity (Wildman–Crippen MR) is 101 cm³/mol. The van der Waals surface area contributed by atoms with E-state index >= 15 is 0 Å². The fourth-order valence-electron chi connectivity index (χ4n) is 2.92. The summed E-state index contributed by atoms with van der Waals surface area (Å²) in [5.41, 5.74) is 2.05. The highest BCUT2D eigenvalue weighted by Gasteiger charge is 2.31. The molecule has 1 N–H and O–H groups in total. The van der Waals surface area contributed by atoms with Gasteiger partial charge >= 0.3 is 0 Å². The zero-order valence-corrected chi connectivity index (χ0v) is 16.7. The van der Waals surface area contributed by atoms with Crippen LogP contribution in [0.25, 0.3) is 11.5 Å². The first-order valence-corrected chi connectivity index (χ1v) is 9.95. The normalized spacial score (nSPS) is 11.6. The van der Waals surface area contributed by atoms with Crippen LogP contribution in [-0.4, -0.2) is 29.8 Å². The highest BCUT2D eigenvalue weighted by atomic mass is 32.2. The van der Waals surface area contributed by atoms with Gasteiger partial charge in [-0.25, -0.2) is 8.42 Å². The highest BCUT2D eigenvalue weighted by molar-refractivity contribution is 7.93. The van der Waals surface area contributed by atoms with E-state index in [0.717, 1.165) is 5.69 Å². The van der Waals surface area contributed by atoms with Crippen LogP contribution < -0.4 is 9.46 Å². The Kier molecular flexibility index (Phi) is 4.97. The van der Waals surface area contributed by atoms with Gasteiger partial charge in [0.15, 0.2) is 0 Å². The number of aromatic nitrogens is 3. The first kappa shape index (κ1) is 19.0. The SMILES string of the molecule is CCOc1ccccc1NS(=O)(=O)c1c(-c2nnc(C)o2)c(C)n(C)c1C. The summed E-state index contributed by atoms with van der Waals surface area (Å²) in [7, 11) is -2.14. The molecule has 0 atom stereocenters. The monoisotopic (exact) mass is 390 g/mol. The molecule has 0 unspecified atom stereocenters. The lowest BCUT2D eigenvalue weighted by Gasteiger charge is -2.13. The molecule has 0 aliphatic rings. The van der Waals surface area contributed by atoms with Crippen LogP contribution in [0.3, 0.4) is 0 Å². The van der Waals surface area contributed by atoms with Crippen LogP contribution in [0, 0.1) is 20.8 Å². The van der Waals surface area contributed by atoms with E-state index in [2.05, 4.69) is 14.9 Å². The van der Waals surface area contributed by atoms with Crippen LogP contribution in [0.15, 0.2) is 33.6 Å². The van der Waals surface area contributed by atoms with E-state index in [4.69, 9.17) is 9.15 Å². The number of aryl methyl sites for hydroxylation is 1.